The lowest BCUT2D eigenvalue weighted by molar-refractivity contribution is -0.118. The third-order valence-electron chi connectivity index (χ3n) is 5.13. The van der Waals surface area contributed by atoms with E-state index < -0.39 is 5.91 Å². The first-order chi connectivity index (χ1) is 17.8. The minimum Gasteiger partial charge on any atom is -0.490 e. The quantitative estimate of drug-likeness (QED) is 0.177. The lowest BCUT2D eigenvalue weighted by Gasteiger charge is -2.14. The van der Waals surface area contributed by atoms with E-state index in [9.17, 15) is 9.59 Å². The highest BCUT2D eigenvalue weighted by Crippen LogP contribution is 2.33. The number of carbonyl (C=O) groups is 2. The van der Waals surface area contributed by atoms with Gasteiger partial charge in [-0.05, 0) is 78.3 Å². The minimum absolute atomic E-state index is 0.108. The summed E-state index contributed by atoms with van der Waals surface area (Å²) in [5.41, 5.74) is 5.40. The molecule has 2 N–H and O–H groups in total. The van der Waals surface area contributed by atoms with Gasteiger partial charge in [0.15, 0.2) is 23.9 Å². The van der Waals surface area contributed by atoms with Crippen molar-refractivity contribution in [2.24, 2.45) is 5.10 Å². The number of benzene rings is 3. The molecule has 0 aliphatic heterocycles. The first-order valence-electron chi connectivity index (χ1n) is 11.3. The van der Waals surface area contributed by atoms with Crippen LogP contribution in [-0.2, 0) is 4.79 Å². The fraction of sp³-hybridized carbons (Fsp3) is 0.148. The summed E-state index contributed by atoms with van der Waals surface area (Å²) in [5, 5.41) is 8.08. The molecule has 190 valence electrons. The predicted molar refractivity (Wildman–Crippen MR) is 147 cm³/mol. The average molecular weight is 585 g/mol. The van der Waals surface area contributed by atoms with E-state index in [-0.39, 0.29) is 18.3 Å². The van der Waals surface area contributed by atoms with Gasteiger partial charge >= 0.3 is 5.91 Å². The van der Waals surface area contributed by atoms with Gasteiger partial charge in [-0.3, -0.25) is 9.59 Å². The third-order valence-corrected chi connectivity index (χ3v) is 6.05. The highest BCUT2D eigenvalue weighted by Gasteiger charge is 2.14. The van der Waals surface area contributed by atoms with Crippen molar-refractivity contribution in [1.82, 2.24) is 5.43 Å². The van der Waals surface area contributed by atoms with E-state index in [2.05, 4.69) is 31.8 Å². The van der Waals surface area contributed by atoms with Crippen molar-refractivity contribution in [1.29, 1.82) is 0 Å². The van der Waals surface area contributed by atoms with Crippen LogP contribution in [0.1, 0.15) is 28.6 Å². The highest BCUT2D eigenvalue weighted by atomic mass is 79.9. The summed E-state index contributed by atoms with van der Waals surface area (Å²) in [6.45, 7) is 4.00. The molecule has 10 heteroatoms. The number of rotatable bonds is 9. The number of fused-ring (bicyclic) bond motifs is 1. The minimum atomic E-state index is -0.510. The van der Waals surface area contributed by atoms with Crippen LogP contribution in [0.4, 0.5) is 5.69 Å². The SMILES string of the molecule is CCOc1cc(/C=N/NC(=O)c2cc3cc(Cl)ccc3o2)c(Br)cc1OCC(=O)Nc1ccc(C)cc1. The molecule has 0 unspecified atom stereocenters. The standard InChI is InChI=1S/C27H23BrClN3O5/c1-3-35-23-12-18(14-30-32-27(34)25-11-17-10-19(29)6-9-22(17)37-25)21(28)13-24(23)36-15-26(33)31-20-7-4-16(2)5-8-20/h4-14H,3,15H2,1-2H3,(H,31,33)(H,32,34)/b30-14+. The molecule has 0 saturated carbocycles. The van der Waals surface area contributed by atoms with Crippen molar-refractivity contribution in [2.75, 3.05) is 18.5 Å². The van der Waals surface area contributed by atoms with Crippen LogP contribution in [0.5, 0.6) is 11.5 Å². The molecule has 0 spiro atoms. The molecule has 1 heterocycles. The molecule has 4 aromatic rings. The fourth-order valence-corrected chi connectivity index (χ4v) is 3.96. The maximum atomic E-state index is 12.4. The number of aryl methyl sites for hydroxylation is 1. The fourth-order valence-electron chi connectivity index (χ4n) is 3.35. The van der Waals surface area contributed by atoms with E-state index in [0.717, 1.165) is 5.56 Å². The average Bonchev–Trinajstić information content (AvgIpc) is 3.29. The van der Waals surface area contributed by atoms with Crippen LogP contribution in [0.25, 0.3) is 11.0 Å². The van der Waals surface area contributed by atoms with Crippen molar-refractivity contribution in [3.05, 3.63) is 87.0 Å². The van der Waals surface area contributed by atoms with Crippen LogP contribution >= 0.6 is 27.5 Å². The van der Waals surface area contributed by atoms with Crippen LogP contribution in [0, 0.1) is 6.92 Å². The number of hydrogen-bond donors (Lipinski definition) is 2. The number of ether oxygens (including phenoxy) is 2. The summed E-state index contributed by atoms with van der Waals surface area (Å²) in [7, 11) is 0. The van der Waals surface area contributed by atoms with Crippen LogP contribution in [0.15, 0.2) is 74.7 Å². The van der Waals surface area contributed by atoms with Crippen molar-refractivity contribution in [3.8, 4) is 11.5 Å². The number of amides is 2. The molecule has 37 heavy (non-hydrogen) atoms. The molecule has 0 saturated heterocycles. The van der Waals surface area contributed by atoms with Crippen LogP contribution < -0.4 is 20.2 Å². The highest BCUT2D eigenvalue weighted by molar-refractivity contribution is 9.10. The van der Waals surface area contributed by atoms with E-state index in [1.54, 1.807) is 36.4 Å². The van der Waals surface area contributed by atoms with Crippen LogP contribution in [-0.4, -0.2) is 31.2 Å². The zero-order valence-electron chi connectivity index (χ0n) is 20.0. The van der Waals surface area contributed by atoms with E-state index in [0.29, 0.717) is 49.8 Å². The summed E-state index contributed by atoms with van der Waals surface area (Å²) >= 11 is 9.45. The largest absolute Gasteiger partial charge is 0.490 e. The Hall–Kier alpha value is -3.82. The van der Waals surface area contributed by atoms with Gasteiger partial charge in [0.2, 0.25) is 0 Å². The van der Waals surface area contributed by atoms with Gasteiger partial charge in [0.25, 0.3) is 5.91 Å². The summed E-state index contributed by atoms with van der Waals surface area (Å²) in [6.07, 6.45) is 1.46. The molecule has 0 atom stereocenters. The molecule has 0 bridgehead atoms. The maximum absolute atomic E-state index is 12.4. The molecule has 3 aromatic carbocycles. The Morgan fingerprint density at radius 1 is 1.05 bits per heavy atom. The predicted octanol–water partition coefficient (Wildman–Crippen LogP) is 6.34. The van der Waals surface area contributed by atoms with E-state index >= 15 is 0 Å². The Morgan fingerprint density at radius 3 is 2.57 bits per heavy atom. The molecular weight excluding hydrogens is 562 g/mol. The van der Waals surface area contributed by atoms with Gasteiger partial charge in [-0.15, -0.1) is 0 Å². The van der Waals surface area contributed by atoms with Crippen LogP contribution in [0.2, 0.25) is 5.02 Å². The Labute approximate surface area is 226 Å². The second-order valence-electron chi connectivity index (χ2n) is 7.95. The Kier molecular flexibility index (Phi) is 8.47. The van der Waals surface area contributed by atoms with Gasteiger partial charge in [-0.2, -0.15) is 5.10 Å². The van der Waals surface area contributed by atoms with Crippen LogP contribution in [0.3, 0.4) is 0 Å². The molecule has 0 radical (unpaired) electrons. The van der Waals surface area contributed by atoms with Gasteiger partial charge in [0, 0.05) is 26.1 Å². The number of carbonyl (C=O) groups excluding carboxylic acids is 2. The van der Waals surface area contributed by atoms with Gasteiger partial charge in [-0.1, -0.05) is 29.3 Å². The van der Waals surface area contributed by atoms with Gasteiger partial charge in [0.1, 0.15) is 5.58 Å². The first-order valence-corrected chi connectivity index (χ1v) is 12.5. The van der Waals surface area contributed by atoms with Crippen molar-refractivity contribution < 1.29 is 23.5 Å². The van der Waals surface area contributed by atoms with Gasteiger partial charge in [-0.25, -0.2) is 5.43 Å². The number of halogens is 2. The zero-order valence-corrected chi connectivity index (χ0v) is 22.4. The molecule has 2 amide bonds. The maximum Gasteiger partial charge on any atom is 0.307 e. The van der Waals surface area contributed by atoms with Crippen molar-refractivity contribution in [2.45, 2.75) is 13.8 Å². The van der Waals surface area contributed by atoms with Gasteiger partial charge in [0.05, 0.1) is 12.8 Å². The summed E-state index contributed by atoms with van der Waals surface area (Å²) in [4.78, 5) is 24.8. The molecular formula is C27H23BrClN3O5. The van der Waals surface area contributed by atoms with Crippen molar-refractivity contribution >= 4 is 62.2 Å². The first kappa shape index (κ1) is 26.2. The second-order valence-corrected chi connectivity index (χ2v) is 9.24. The van der Waals surface area contributed by atoms with E-state index in [4.69, 9.17) is 25.5 Å². The van der Waals surface area contributed by atoms with Gasteiger partial charge < -0.3 is 19.2 Å². The van der Waals surface area contributed by atoms with E-state index in [1.165, 1.54) is 6.21 Å². The Morgan fingerprint density at radius 2 is 1.81 bits per heavy atom. The third kappa shape index (κ3) is 6.90. The number of nitrogens with one attached hydrogen (secondary N) is 2. The molecule has 8 nitrogen and oxygen atoms in total. The number of nitrogens with zero attached hydrogens (tertiary/aromatic N) is 1. The Bertz CT molecular complexity index is 1470. The molecule has 4 rings (SSSR count). The lowest BCUT2D eigenvalue weighted by atomic mass is 10.2. The zero-order chi connectivity index (χ0) is 26.4. The number of hydrogen-bond acceptors (Lipinski definition) is 6. The Balaban J connectivity index is 1.41. The normalized spacial score (nSPS) is 11.0. The summed E-state index contributed by atoms with van der Waals surface area (Å²) in [5.74, 6) is 0.106. The van der Waals surface area contributed by atoms with E-state index in [1.807, 2.05) is 38.1 Å². The number of furan rings is 1. The molecule has 0 aliphatic carbocycles. The molecule has 1 aromatic heterocycles. The smallest absolute Gasteiger partial charge is 0.307 e. The number of hydrazone groups is 1. The monoisotopic (exact) mass is 583 g/mol. The summed E-state index contributed by atoms with van der Waals surface area (Å²) in [6, 6.07) is 17.5. The lowest BCUT2D eigenvalue weighted by Crippen LogP contribution is -2.20. The van der Waals surface area contributed by atoms with Crippen molar-refractivity contribution in [3.63, 3.8) is 0 Å². The molecule has 0 aliphatic rings. The molecule has 0 fully saturated rings. The second kappa shape index (κ2) is 11.9. The number of anilines is 1. The topological polar surface area (TPSA) is 102 Å². The summed E-state index contributed by atoms with van der Waals surface area (Å²) < 4.78 is 17.6.